The monoisotopic (exact) mass is 570 g/mol. The van der Waals surface area contributed by atoms with Crippen molar-refractivity contribution in [2.75, 3.05) is 45.9 Å². The van der Waals surface area contributed by atoms with Crippen molar-refractivity contribution in [3.63, 3.8) is 0 Å². The van der Waals surface area contributed by atoms with Crippen LogP contribution in [-0.4, -0.2) is 73.0 Å². The Morgan fingerprint density at radius 2 is 2.00 bits per heavy atom. The van der Waals surface area contributed by atoms with Gasteiger partial charge in [-0.3, -0.25) is 9.89 Å². The molecule has 1 aromatic carbocycles. The summed E-state index contributed by atoms with van der Waals surface area (Å²) in [6, 6.07) is 8.28. The number of nitrogens with zero attached hydrogens (tertiary/aromatic N) is 4. The molecule has 1 aromatic heterocycles. The average Bonchev–Trinajstić information content (AvgIpc) is 3.27. The first-order valence-electron chi connectivity index (χ1n) is 11.8. The molecule has 0 spiro atoms. The number of aliphatic imine (C=N–C) groups is 1. The second-order valence-corrected chi connectivity index (χ2v) is 8.61. The molecule has 9 heteroatoms. The van der Waals surface area contributed by atoms with E-state index < -0.39 is 0 Å². The minimum atomic E-state index is 0. The molecule has 1 aliphatic rings. The Labute approximate surface area is 215 Å². The van der Waals surface area contributed by atoms with Gasteiger partial charge < -0.3 is 19.9 Å². The van der Waals surface area contributed by atoms with E-state index in [1.807, 2.05) is 19.1 Å². The molecule has 2 aromatic rings. The summed E-state index contributed by atoms with van der Waals surface area (Å²) >= 11 is 0. The van der Waals surface area contributed by atoms with E-state index in [1.165, 1.54) is 5.56 Å². The van der Waals surface area contributed by atoms with E-state index in [2.05, 4.69) is 58.6 Å². The van der Waals surface area contributed by atoms with Crippen molar-refractivity contribution in [1.29, 1.82) is 0 Å². The Morgan fingerprint density at radius 3 is 2.67 bits per heavy atom. The molecule has 1 fully saturated rings. The Bertz CT molecular complexity index is 840. The third-order valence-corrected chi connectivity index (χ3v) is 5.33. The van der Waals surface area contributed by atoms with Gasteiger partial charge in [0.15, 0.2) is 11.8 Å². The molecule has 0 aliphatic carbocycles. The highest BCUT2D eigenvalue weighted by atomic mass is 127. The fourth-order valence-corrected chi connectivity index (χ4v) is 3.76. The summed E-state index contributed by atoms with van der Waals surface area (Å²) in [6.45, 7) is 14.8. The predicted molar refractivity (Wildman–Crippen MR) is 143 cm³/mol. The average molecular weight is 571 g/mol. The molecular weight excluding hydrogens is 531 g/mol. The van der Waals surface area contributed by atoms with Gasteiger partial charge in [0.1, 0.15) is 0 Å². The van der Waals surface area contributed by atoms with Crippen molar-refractivity contribution < 1.29 is 9.26 Å². The fourth-order valence-electron chi connectivity index (χ4n) is 3.76. The lowest BCUT2D eigenvalue weighted by Crippen LogP contribution is -2.46. The van der Waals surface area contributed by atoms with Crippen LogP contribution in [0.4, 0.5) is 0 Å². The van der Waals surface area contributed by atoms with Gasteiger partial charge in [0.25, 0.3) is 5.89 Å². The predicted octanol–water partition coefficient (Wildman–Crippen LogP) is 3.37. The summed E-state index contributed by atoms with van der Waals surface area (Å²) in [4.78, 5) is 11.6. The van der Waals surface area contributed by atoms with E-state index in [-0.39, 0.29) is 30.1 Å². The number of morpholine rings is 1. The molecule has 1 unspecified atom stereocenters. The zero-order valence-electron chi connectivity index (χ0n) is 20.3. The van der Waals surface area contributed by atoms with Gasteiger partial charge in [0, 0.05) is 44.7 Å². The number of nitrogens with one attached hydrogen (secondary N) is 2. The summed E-state index contributed by atoms with van der Waals surface area (Å²) in [5.74, 6) is 2.82. The molecule has 184 valence electrons. The molecule has 1 aliphatic heterocycles. The van der Waals surface area contributed by atoms with E-state index in [1.54, 1.807) is 0 Å². The van der Waals surface area contributed by atoms with Crippen LogP contribution >= 0.6 is 24.0 Å². The Hall–Kier alpha value is -1.72. The number of hydrogen-bond acceptors (Lipinski definition) is 6. The van der Waals surface area contributed by atoms with Crippen LogP contribution in [0.1, 0.15) is 39.1 Å². The summed E-state index contributed by atoms with van der Waals surface area (Å²) in [5.41, 5.74) is 2.19. The smallest absolute Gasteiger partial charge is 0.257 e. The maximum atomic E-state index is 5.93. The summed E-state index contributed by atoms with van der Waals surface area (Å²) in [6.07, 6.45) is 1.83. The topological polar surface area (TPSA) is 87.8 Å². The maximum Gasteiger partial charge on any atom is 0.257 e. The van der Waals surface area contributed by atoms with E-state index in [0.717, 1.165) is 69.5 Å². The van der Waals surface area contributed by atoms with Crippen LogP contribution in [0.2, 0.25) is 0 Å². The molecule has 2 N–H and O–H groups in total. The highest BCUT2D eigenvalue weighted by Crippen LogP contribution is 2.18. The Morgan fingerprint density at radius 1 is 1.21 bits per heavy atom. The summed E-state index contributed by atoms with van der Waals surface area (Å²) in [5, 5.41) is 10.7. The first-order valence-corrected chi connectivity index (χ1v) is 11.8. The number of aryl methyl sites for hydroxylation is 1. The number of hydrogen-bond donors (Lipinski definition) is 2. The lowest BCUT2D eigenvalue weighted by Gasteiger charge is -2.33. The standard InChI is InChI=1S/C24H38N6O2.HI/c1-5-22-28-23(32-29-22)20-9-7-19(8-10-20)11-12-26-24(25-6-2)27-15-21-17-30(13-14-31-21)16-18(3)4;/h7-10,18,21H,5-6,11-17H2,1-4H3,(H2,25,26,27);1H. The van der Waals surface area contributed by atoms with Gasteiger partial charge in [0.2, 0.25) is 0 Å². The third-order valence-electron chi connectivity index (χ3n) is 5.33. The van der Waals surface area contributed by atoms with Crippen LogP contribution in [0.25, 0.3) is 11.5 Å². The van der Waals surface area contributed by atoms with Crippen LogP contribution in [0, 0.1) is 5.92 Å². The number of benzene rings is 1. The molecule has 3 rings (SSSR count). The van der Waals surface area contributed by atoms with Crippen molar-refractivity contribution in [3.8, 4) is 11.5 Å². The minimum Gasteiger partial charge on any atom is -0.374 e. The highest BCUT2D eigenvalue weighted by molar-refractivity contribution is 14.0. The van der Waals surface area contributed by atoms with Gasteiger partial charge >= 0.3 is 0 Å². The largest absolute Gasteiger partial charge is 0.374 e. The summed E-state index contributed by atoms with van der Waals surface area (Å²) < 4.78 is 11.2. The van der Waals surface area contributed by atoms with Gasteiger partial charge in [-0.2, -0.15) is 4.98 Å². The number of rotatable bonds is 10. The van der Waals surface area contributed by atoms with Crippen molar-refractivity contribution in [3.05, 3.63) is 35.7 Å². The summed E-state index contributed by atoms with van der Waals surface area (Å²) in [7, 11) is 0. The molecule has 0 amide bonds. The van der Waals surface area contributed by atoms with Crippen LogP contribution in [0.15, 0.2) is 33.8 Å². The highest BCUT2D eigenvalue weighted by Gasteiger charge is 2.20. The van der Waals surface area contributed by atoms with Gasteiger partial charge in [-0.05, 0) is 37.0 Å². The Balaban J connectivity index is 0.00000385. The first kappa shape index (κ1) is 27.5. The zero-order valence-corrected chi connectivity index (χ0v) is 22.7. The van der Waals surface area contributed by atoms with Crippen LogP contribution in [0.5, 0.6) is 0 Å². The van der Waals surface area contributed by atoms with Gasteiger partial charge in [-0.15, -0.1) is 24.0 Å². The number of ether oxygens (including phenoxy) is 1. The second kappa shape index (κ2) is 14.5. The lowest BCUT2D eigenvalue weighted by molar-refractivity contribution is -0.0261. The molecule has 2 heterocycles. The van der Waals surface area contributed by atoms with Crippen molar-refractivity contribution in [1.82, 2.24) is 25.7 Å². The molecule has 0 bridgehead atoms. The Kier molecular flexibility index (Phi) is 12.1. The molecule has 33 heavy (non-hydrogen) atoms. The van der Waals surface area contributed by atoms with E-state index in [9.17, 15) is 0 Å². The van der Waals surface area contributed by atoms with E-state index >= 15 is 0 Å². The normalized spacial score (nSPS) is 17.1. The second-order valence-electron chi connectivity index (χ2n) is 8.61. The van der Waals surface area contributed by atoms with Crippen molar-refractivity contribution in [2.45, 2.75) is 46.6 Å². The van der Waals surface area contributed by atoms with Crippen LogP contribution < -0.4 is 10.6 Å². The van der Waals surface area contributed by atoms with Gasteiger partial charge in [-0.1, -0.05) is 38.1 Å². The maximum absolute atomic E-state index is 5.93. The number of halogens is 1. The fraction of sp³-hybridized carbons (Fsp3) is 0.625. The number of aromatic nitrogens is 2. The van der Waals surface area contributed by atoms with Crippen LogP contribution in [0.3, 0.4) is 0 Å². The van der Waals surface area contributed by atoms with Gasteiger partial charge in [0.05, 0.1) is 19.3 Å². The quantitative estimate of drug-likeness (QED) is 0.257. The molecular formula is C24H39IN6O2. The number of guanidine groups is 1. The molecule has 1 atom stereocenters. The van der Waals surface area contributed by atoms with Crippen molar-refractivity contribution >= 4 is 29.9 Å². The zero-order chi connectivity index (χ0) is 22.8. The third kappa shape index (κ3) is 9.21. The van der Waals surface area contributed by atoms with E-state index in [4.69, 9.17) is 14.3 Å². The first-order chi connectivity index (χ1) is 15.6. The van der Waals surface area contributed by atoms with Crippen molar-refractivity contribution in [2.24, 2.45) is 10.9 Å². The van der Waals surface area contributed by atoms with Crippen LogP contribution in [-0.2, 0) is 17.6 Å². The molecule has 1 saturated heterocycles. The lowest BCUT2D eigenvalue weighted by atomic mass is 10.1. The molecule has 0 saturated carbocycles. The minimum absolute atomic E-state index is 0. The molecule has 0 radical (unpaired) electrons. The molecule has 8 nitrogen and oxygen atoms in total. The van der Waals surface area contributed by atoms with Gasteiger partial charge in [-0.25, -0.2) is 0 Å². The van der Waals surface area contributed by atoms with E-state index in [0.29, 0.717) is 18.4 Å². The SMILES string of the molecule is CCNC(=NCC1CN(CC(C)C)CCO1)NCCc1ccc(-c2nc(CC)no2)cc1.I.